The molecule has 0 aromatic heterocycles. The molecule has 1 aliphatic rings. The lowest BCUT2D eigenvalue weighted by Crippen LogP contribution is -2.43. The van der Waals surface area contributed by atoms with Crippen LogP contribution in [0.25, 0.3) is 0 Å². The van der Waals surface area contributed by atoms with Gasteiger partial charge in [0.25, 0.3) is 0 Å². The number of aryl methyl sites for hydroxylation is 2. The van der Waals surface area contributed by atoms with Crippen LogP contribution >= 0.6 is 15.9 Å². The first-order valence-electron chi connectivity index (χ1n) is 8.51. The fraction of sp³-hybridized carbons (Fsp3) is 0.316. The number of rotatable bonds is 4. The van der Waals surface area contributed by atoms with Crippen LogP contribution < -0.4 is 4.90 Å². The molecule has 0 aliphatic carbocycles. The first-order chi connectivity index (χ1) is 12.7. The largest absolute Gasteiger partial charge is 0.311 e. The number of nitrogens with zero attached hydrogens (tertiary/aromatic N) is 2. The normalized spacial score (nSPS) is 14.3. The number of hydrogen-bond donors (Lipinski definition) is 0. The van der Waals surface area contributed by atoms with Crippen molar-refractivity contribution in [2.75, 3.05) is 25.0 Å². The summed E-state index contributed by atoms with van der Waals surface area (Å²) < 4.78 is 40.9. The SMILES string of the molecule is Cc1cc(F)cc2c1N(C(=O)CN(C)S(=O)(=O)c1ccc(Br)cc1)CCC2. The lowest BCUT2D eigenvalue weighted by molar-refractivity contribution is -0.118. The number of carbonyl (C=O) groups is 1. The number of fused-ring (bicyclic) bond motifs is 1. The first-order valence-corrected chi connectivity index (χ1v) is 10.7. The Morgan fingerprint density at radius 3 is 2.59 bits per heavy atom. The van der Waals surface area contributed by atoms with E-state index in [-0.39, 0.29) is 23.2 Å². The van der Waals surface area contributed by atoms with Crippen LogP contribution in [0.3, 0.4) is 0 Å². The zero-order valence-electron chi connectivity index (χ0n) is 15.1. The predicted octanol–water partition coefficient (Wildman–Crippen LogP) is 3.50. The van der Waals surface area contributed by atoms with Crippen LogP contribution in [-0.2, 0) is 21.2 Å². The van der Waals surface area contributed by atoms with Crippen LogP contribution in [0.5, 0.6) is 0 Å². The number of halogens is 2. The monoisotopic (exact) mass is 454 g/mol. The van der Waals surface area contributed by atoms with E-state index in [4.69, 9.17) is 0 Å². The van der Waals surface area contributed by atoms with E-state index in [0.717, 1.165) is 14.3 Å². The van der Waals surface area contributed by atoms with Gasteiger partial charge in [0.1, 0.15) is 5.82 Å². The minimum atomic E-state index is -3.78. The molecular weight excluding hydrogens is 435 g/mol. The van der Waals surface area contributed by atoms with E-state index in [1.165, 1.54) is 31.3 Å². The maximum Gasteiger partial charge on any atom is 0.243 e. The minimum absolute atomic E-state index is 0.123. The van der Waals surface area contributed by atoms with Gasteiger partial charge in [-0.3, -0.25) is 4.79 Å². The highest BCUT2D eigenvalue weighted by Gasteiger charge is 2.29. The Labute approximate surface area is 167 Å². The summed E-state index contributed by atoms with van der Waals surface area (Å²) in [6.45, 7) is 1.97. The van der Waals surface area contributed by atoms with Crippen LogP contribution in [0.1, 0.15) is 17.5 Å². The second-order valence-electron chi connectivity index (χ2n) is 6.59. The Balaban J connectivity index is 1.83. The molecule has 5 nitrogen and oxygen atoms in total. The molecule has 8 heteroatoms. The molecule has 27 heavy (non-hydrogen) atoms. The van der Waals surface area contributed by atoms with Crippen LogP contribution in [0.15, 0.2) is 45.8 Å². The van der Waals surface area contributed by atoms with Gasteiger partial charge in [-0.2, -0.15) is 4.31 Å². The fourth-order valence-electron chi connectivity index (χ4n) is 3.32. The van der Waals surface area contributed by atoms with Crippen molar-refractivity contribution in [1.29, 1.82) is 0 Å². The summed E-state index contributed by atoms with van der Waals surface area (Å²) in [5.74, 6) is -0.649. The summed E-state index contributed by atoms with van der Waals surface area (Å²) in [6.07, 6.45) is 1.41. The quantitative estimate of drug-likeness (QED) is 0.710. The molecule has 0 spiro atoms. The Morgan fingerprint density at radius 2 is 1.93 bits per heavy atom. The van der Waals surface area contributed by atoms with Gasteiger partial charge >= 0.3 is 0 Å². The van der Waals surface area contributed by atoms with Gasteiger partial charge in [0.2, 0.25) is 15.9 Å². The molecule has 1 heterocycles. The molecule has 2 aromatic rings. The average Bonchev–Trinajstić information content (AvgIpc) is 2.61. The summed E-state index contributed by atoms with van der Waals surface area (Å²) in [5, 5.41) is 0. The number of likely N-dealkylation sites (N-methyl/N-ethyl adjacent to an activating group) is 1. The van der Waals surface area contributed by atoms with Crippen molar-refractivity contribution in [2.24, 2.45) is 0 Å². The second kappa shape index (κ2) is 7.69. The molecular formula is C19H20BrFN2O3S. The van der Waals surface area contributed by atoms with Gasteiger partial charge in [-0.05, 0) is 67.3 Å². The lowest BCUT2D eigenvalue weighted by Gasteiger charge is -2.32. The van der Waals surface area contributed by atoms with Crippen LogP contribution in [-0.4, -0.2) is 38.8 Å². The van der Waals surface area contributed by atoms with E-state index in [1.54, 1.807) is 24.0 Å². The number of benzene rings is 2. The number of sulfonamides is 1. The van der Waals surface area contributed by atoms with Crippen molar-refractivity contribution in [2.45, 2.75) is 24.7 Å². The summed E-state index contributed by atoms with van der Waals surface area (Å²) in [6, 6.07) is 9.10. The van der Waals surface area contributed by atoms with Gasteiger partial charge < -0.3 is 4.90 Å². The Bertz CT molecular complexity index is 977. The topological polar surface area (TPSA) is 57.7 Å². The summed E-state index contributed by atoms with van der Waals surface area (Å²) in [4.78, 5) is 14.6. The highest BCUT2D eigenvalue weighted by molar-refractivity contribution is 9.10. The third kappa shape index (κ3) is 4.07. The number of carbonyl (C=O) groups excluding carboxylic acids is 1. The summed E-state index contributed by atoms with van der Waals surface area (Å²) in [5.41, 5.74) is 2.16. The molecule has 2 aromatic carbocycles. The fourth-order valence-corrected chi connectivity index (χ4v) is 4.70. The number of anilines is 1. The molecule has 1 amide bonds. The summed E-state index contributed by atoms with van der Waals surface area (Å²) in [7, 11) is -2.39. The molecule has 0 unspecified atom stereocenters. The van der Waals surface area contributed by atoms with Gasteiger partial charge in [0, 0.05) is 23.8 Å². The van der Waals surface area contributed by atoms with Crippen molar-refractivity contribution in [3.8, 4) is 0 Å². The average molecular weight is 455 g/mol. The number of hydrogen-bond acceptors (Lipinski definition) is 3. The van der Waals surface area contributed by atoms with Crippen LogP contribution in [0.2, 0.25) is 0 Å². The molecule has 0 saturated carbocycles. The smallest absolute Gasteiger partial charge is 0.243 e. The molecule has 0 bridgehead atoms. The van der Waals surface area contributed by atoms with E-state index in [0.29, 0.717) is 30.6 Å². The van der Waals surface area contributed by atoms with Gasteiger partial charge in [0.05, 0.1) is 11.4 Å². The first kappa shape index (κ1) is 20.0. The Kier molecular flexibility index (Phi) is 5.69. The number of amides is 1. The van der Waals surface area contributed by atoms with Crippen molar-refractivity contribution < 1.29 is 17.6 Å². The van der Waals surface area contributed by atoms with E-state index >= 15 is 0 Å². The maximum atomic E-state index is 13.7. The third-order valence-electron chi connectivity index (χ3n) is 4.62. The zero-order chi connectivity index (χ0) is 19.8. The Hall–Kier alpha value is -1.77. The van der Waals surface area contributed by atoms with Gasteiger partial charge in [-0.15, -0.1) is 0 Å². The van der Waals surface area contributed by atoms with E-state index in [9.17, 15) is 17.6 Å². The molecule has 0 fully saturated rings. The van der Waals surface area contributed by atoms with Gasteiger partial charge in [-0.25, -0.2) is 12.8 Å². The van der Waals surface area contributed by atoms with E-state index < -0.39 is 10.0 Å². The molecule has 0 saturated heterocycles. The van der Waals surface area contributed by atoms with Gasteiger partial charge in [-0.1, -0.05) is 15.9 Å². The molecule has 0 N–H and O–H groups in total. The van der Waals surface area contributed by atoms with E-state index in [1.807, 2.05) is 0 Å². The molecule has 0 radical (unpaired) electrons. The second-order valence-corrected chi connectivity index (χ2v) is 9.55. The van der Waals surface area contributed by atoms with Crippen molar-refractivity contribution in [1.82, 2.24) is 4.31 Å². The van der Waals surface area contributed by atoms with E-state index in [2.05, 4.69) is 15.9 Å². The molecule has 3 rings (SSSR count). The van der Waals surface area contributed by atoms with Crippen LogP contribution in [0.4, 0.5) is 10.1 Å². The highest BCUT2D eigenvalue weighted by atomic mass is 79.9. The summed E-state index contributed by atoms with van der Waals surface area (Å²) >= 11 is 3.27. The third-order valence-corrected chi connectivity index (χ3v) is 6.97. The minimum Gasteiger partial charge on any atom is -0.311 e. The maximum absolute atomic E-state index is 13.7. The zero-order valence-corrected chi connectivity index (χ0v) is 17.5. The predicted molar refractivity (Wildman–Crippen MR) is 106 cm³/mol. The van der Waals surface area contributed by atoms with Gasteiger partial charge in [0.15, 0.2) is 0 Å². The van der Waals surface area contributed by atoms with Crippen molar-refractivity contribution in [3.05, 3.63) is 57.8 Å². The highest BCUT2D eigenvalue weighted by Crippen LogP contribution is 2.32. The Morgan fingerprint density at radius 1 is 1.26 bits per heavy atom. The van der Waals surface area contributed by atoms with Crippen molar-refractivity contribution in [3.63, 3.8) is 0 Å². The standard InChI is InChI=1S/C19H20BrFN2O3S/c1-13-10-16(21)11-14-4-3-9-23(19(13)14)18(24)12-22(2)27(25,26)17-7-5-15(20)6-8-17/h5-8,10-11H,3-4,9,12H2,1-2H3. The molecule has 1 aliphatic heterocycles. The van der Waals surface area contributed by atoms with Crippen molar-refractivity contribution >= 4 is 37.5 Å². The lowest BCUT2D eigenvalue weighted by atomic mass is 9.98. The molecule has 144 valence electrons. The van der Waals surface area contributed by atoms with Crippen LogP contribution in [0, 0.1) is 12.7 Å². The molecule has 0 atom stereocenters.